The predicted molar refractivity (Wildman–Crippen MR) is 51.8 cm³/mol. The van der Waals surface area contributed by atoms with E-state index in [4.69, 9.17) is 0 Å². The fourth-order valence-electron chi connectivity index (χ4n) is 2.35. The van der Waals surface area contributed by atoms with E-state index in [0.29, 0.717) is 31.5 Å². The van der Waals surface area contributed by atoms with Gasteiger partial charge in [0.05, 0.1) is 5.54 Å². The van der Waals surface area contributed by atoms with Gasteiger partial charge in [0, 0.05) is 33.0 Å². The Hall–Kier alpha value is -0.900. The van der Waals surface area contributed by atoms with Gasteiger partial charge < -0.3 is 10.2 Å². The molecule has 4 heteroatoms. The molecule has 4 nitrogen and oxygen atoms in total. The molecule has 0 aromatic rings. The Kier molecular flexibility index (Phi) is 2.31. The first-order valence-corrected chi connectivity index (χ1v) is 5.16. The molecule has 1 saturated carbocycles. The van der Waals surface area contributed by atoms with Gasteiger partial charge in [0.15, 0.2) is 0 Å². The summed E-state index contributed by atoms with van der Waals surface area (Å²) in [6, 6.07) is 0. The Morgan fingerprint density at radius 3 is 2.57 bits per heavy atom. The summed E-state index contributed by atoms with van der Waals surface area (Å²) < 4.78 is 0. The fraction of sp³-hybridized carbons (Fsp3) is 0.800. The Morgan fingerprint density at radius 1 is 1.29 bits per heavy atom. The summed E-state index contributed by atoms with van der Waals surface area (Å²) in [5.41, 5.74) is -0.416. The summed E-state index contributed by atoms with van der Waals surface area (Å²) >= 11 is 0. The summed E-state index contributed by atoms with van der Waals surface area (Å²) in [5, 5.41) is 3.29. The van der Waals surface area contributed by atoms with Crippen molar-refractivity contribution in [3.8, 4) is 0 Å². The van der Waals surface area contributed by atoms with E-state index in [1.165, 1.54) is 0 Å². The van der Waals surface area contributed by atoms with Crippen LogP contribution >= 0.6 is 0 Å². The summed E-state index contributed by atoms with van der Waals surface area (Å²) in [6.45, 7) is 1.62. The highest BCUT2D eigenvalue weighted by Crippen LogP contribution is 2.29. The third-order valence-corrected chi connectivity index (χ3v) is 3.33. The molecule has 14 heavy (non-hydrogen) atoms. The summed E-state index contributed by atoms with van der Waals surface area (Å²) in [7, 11) is 1.83. The standard InChI is InChI=1S/C10H16N2O2/c1-12-7-6-11-10(9(12)14)4-2-8(13)3-5-10/h11H,2-7H2,1H3. The summed E-state index contributed by atoms with van der Waals surface area (Å²) in [6.07, 6.45) is 2.45. The fourth-order valence-corrected chi connectivity index (χ4v) is 2.35. The molecule has 0 aromatic heterocycles. The van der Waals surface area contributed by atoms with Crippen molar-refractivity contribution in [3.63, 3.8) is 0 Å². The predicted octanol–water partition coefficient (Wildman–Crippen LogP) is -0.0701. The number of carbonyl (C=O) groups excluding carboxylic acids is 2. The van der Waals surface area contributed by atoms with Crippen LogP contribution in [0.2, 0.25) is 0 Å². The average Bonchev–Trinajstić information content (AvgIpc) is 2.19. The van der Waals surface area contributed by atoms with Crippen LogP contribution in [0.15, 0.2) is 0 Å². The monoisotopic (exact) mass is 196 g/mol. The molecule has 0 unspecified atom stereocenters. The van der Waals surface area contributed by atoms with Gasteiger partial charge in [-0.15, -0.1) is 0 Å². The van der Waals surface area contributed by atoms with E-state index in [1.807, 2.05) is 7.05 Å². The molecule has 2 rings (SSSR count). The summed E-state index contributed by atoms with van der Waals surface area (Å²) in [5.74, 6) is 0.453. The van der Waals surface area contributed by atoms with Crippen LogP contribution in [0.25, 0.3) is 0 Å². The van der Waals surface area contributed by atoms with Crippen LogP contribution in [-0.4, -0.2) is 42.3 Å². The van der Waals surface area contributed by atoms with Gasteiger partial charge in [-0.25, -0.2) is 0 Å². The number of nitrogens with zero attached hydrogens (tertiary/aromatic N) is 1. The lowest BCUT2D eigenvalue weighted by Crippen LogP contribution is -2.64. The molecule has 1 saturated heterocycles. The van der Waals surface area contributed by atoms with Crippen molar-refractivity contribution in [1.29, 1.82) is 0 Å². The maximum atomic E-state index is 12.0. The first-order valence-electron chi connectivity index (χ1n) is 5.16. The molecular formula is C10H16N2O2. The van der Waals surface area contributed by atoms with Crippen LogP contribution in [0.3, 0.4) is 0 Å². The van der Waals surface area contributed by atoms with E-state index < -0.39 is 5.54 Å². The molecule has 0 atom stereocenters. The molecular weight excluding hydrogens is 180 g/mol. The number of hydrogen-bond donors (Lipinski definition) is 1. The number of likely N-dealkylation sites (N-methyl/N-ethyl adjacent to an activating group) is 1. The topological polar surface area (TPSA) is 49.4 Å². The second-order valence-corrected chi connectivity index (χ2v) is 4.27. The second-order valence-electron chi connectivity index (χ2n) is 4.27. The van der Waals surface area contributed by atoms with E-state index >= 15 is 0 Å². The molecule has 1 spiro atoms. The van der Waals surface area contributed by atoms with Crippen molar-refractivity contribution in [3.05, 3.63) is 0 Å². The van der Waals surface area contributed by atoms with E-state index in [-0.39, 0.29) is 5.91 Å². The van der Waals surface area contributed by atoms with Gasteiger partial charge in [0.25, 0.3) is 0 Å². The Bertz CT molecular complexity index is 265. The van der Waals surface area contributed by atoms with E-state index in [0.717, 1.165) is 13.1 Å². The highest BCUT2D eigenvalue weighted by Gasteiger charge is 2.44. The van der Waals surface area contributed by atoms with Gasteiger partial charge in [-0.05, 0) is 12.8 Å². The zero-order valence-electron chi connectivity index (χ0n) is 8.51. The minimum Gasteiger partial charge on any atom is -0.343 e. The van der Waals surface area contributed by atoms with Gasteiger partial charge in [0.1, 0.15) is 5.78 Å². The Labute approximate surface area is 83.6 Å². The van der Waals surface area contributed by atoms with Crippen LogP contribution in [0.1, 0.15) is 25.7 Å². The summed E-state index contributed by atoms with van der Waals surface area (Å²) in [4.78, 5) is 24.9. The number of rotatable bonds is 0. The third-order valence-electron chi connectivity index (χ3n) is 3.33. The molecule has 0 radical (unpaired) electrons. The second kappa shape index (κ2) is 3.35. The van der Waals surface area contributed by atoms with Crippen molar-refractivity contribution in [2.45, 2.75) is 31.2 Å². The number of piperazine rings is 1. The van der Waals surface area contributed by atoms with Crippen LogP contribution < -0.4 is 5.32 Å². The number of ketones is 1. The van der Waals surface area contributed by atoms with Crippen molar-refractivity contribution in [2.24, 2.45) is 0 Å². The lowest BCUT2D eigenvalue weighted by molar-refractivity contribution is -0.142. The van der Waals surface area contributed by atoms with Crippen molar-refractivity contribution in [1.82, 2.24) is 10.2 Å². The smallest absolute Gasteiger partial charge is 0.242 e. The van der Waals surface area contributed by atoms with Crippen LogP contribution in [0.5, 0.6) is 0 Å². The molecule has 0 aromatic carbocycles. The average molecular weight is 196 g/mol. The minimum absolute atomic E-state index is 0.163. The van der Waals surface area contributed by atoms with Gasteiger partial charge in [-0.2, -0.15) is 0 Å². The first kappa shape index (κ1) is 9.65. The van der Waals surface area contributed by atoms with Crippen LogP contribution in [0.4, 0.5) is 0 Å². The number of hydrogen-bond acceptors (Lipinski definition) is 3. The molecule has 1 amide bonds. The van der Waals surface area contributed by atoms with Gasteiger partial charge in [-0.3, -0.25) is 9.59 Å². The zero-order valence-corrected chi connectivity index (χ0v) is 8.51. The Balaban J connectivity index is 2.14. The molecule has 2 aliphatic rings. The van der Waals surface area contributed by atoms with Gasteiger partial charge in [-0.1, -0.05) is 0 Å². The molecule has 1 aliphatic heterocycles. The number of nitrogens with one attached hydrogen (secondary N) is 1. The van der Waals surface area contributed by atoms with Crippen molar-refractivity contribution < 1.29 is 9.59 Å². The van der Waals surface area contributed by atoms with E-state index in [9.17, 15) is 9.59 Å². The molecule has 2 fully saturated rings. The SMILES string of the molecule is CN1CCNC2(CCC(=O)CC2)C1=O. The van der Waals surface area contributed by atoms with Gasteiger partial charge >= 0.3 is 0 Å². The van der Waals surface area contributed by atoms with Crippen molar-refractivity contribution >= 4 is 11.7 Å². The number of carbonyl (C=O) groups is 2. The Morgan fingerprint density at radius 2 is 1.93 bits per heavy atom. The largest absolute Gasteiger partial charge is 0.343 e. The highest BCUT2D eigenvalue weighted by atomic mass is 16.2. The maximum absolute atomic E-state index is 12.0. The maximum Gasteiger partial charge on any atom is 0.242 e. The first-order chi connectivity index (χ1) is 6.64. The molecule has 1 heterocycles. The molecule has 0 bridgehead atoms. The van der Waals surface area contributed by atoms with E-state index in [2.05, 4.69) is 5.32 Å². The lowest BCUT2D eigenvalue weighted by Gasteiger charge is -2.43. The van der Waals surface area contributed by atoms with Gasteiger partial charge in [0.2, 0.25) is 5.91 Å². The number of amides is 1. The third kappa shape index (κ3) is 1.43. The lowest BCUT2D eigenvalue weighted by atomic mass is 9.79. The quantitative estimate of drug-likeness (QED) is 0.590. The molecule has 1 N–H and O–H groups in total. The number of Topliss-reactive ketones (excluding diaryl/α,β-unsaturated/α-hetero) is 1. The molecule has 1 aliphatic carbocycles. The molecule has 78 valence electrons. The van der Waals surface area contributed by atoms with E-state index in [1.54, 1.807) is 4.90 Å². The normalized spacial score (nSPS) is 27.1. The highest BCUT2D eigenvalue weighted by molar-refractivity contribution is 5.90. The van der Waals surface area contributed by atoms with Crippen molar-refractivity contribution in [2.75, 3.05) is 20.1 Å². The van der Waals surface area contributed by atoms with Crippen LogP contribution in [-0.2, 0) is 9.59 Å². The minimum atomic E-state index is -0.416. The zero-order chi connectivity index (χ0) is 10.2. The van der Waals surface area contributed by atoms with Crippen LogP contribution in [0, 0.1) is 0 Å².